The molecule has 0 atom stereocenters. The van der Waals surface area contributed by atoms with Crippen molar-refractivity contribution in [2.75, 3.05) is 12.0 Å². The minimum absolute atomic E-state index is 0.0179. The molecule has 1 fully saturated rings. The zero-order chi connectivity index (χ0) is 21.6. The highest BCUT2D eigenvalue weighted by molar-refractivity contribution is 6.21. The number of aromatic nitrogens is 2. The van der Waals surface area contributed by atoms with Gasteiger partial charge >= 0.3 is 6.18 Å². The summed E-state index contributed by atoms with van der Waals surface area (Å²) in [6.45, 7) is 6.71. The van der Waals surface area contributed by atoms with Crippen LogP contribution in [-0.2, 0) is 9.59 Å². The zero-order valence-corrected chi connectivity index (χ0v) is 16.0. The monoisotopic (exact) mass is 409 g/mol. The first-order valence-corrected chi connectivity index (χ1v) is 9.00. The Bertz CT molecular complexity index is 793. The minimum Gasteiger partial charge on any atom is -0.479 e. The van der Waals surface area contributed by atoms with Crippen molar-refractivity contribution in [3.63, 3.8) is 0 Å². The molecule has 0 saturated heterocycles. The van der Waals surface area contributed by atoms with Gasteiger partial charge in [0.2, 0.25) is 5.88 Å². The lowest BCUT2D eigenvalue weighted by atomic mass is 9.81. The molecular formula is C20H22F3N3O3. The maximum atomic E-state index is 12.8. The van der Waals surface area contributed by atoms with Gasteiger partial charge in [-0.25, -0.2) is 4.90 Å². The van der Waals surface area contributed by atoms with Crippen molar-refractivity contribution < 1.29 is 27.5 Å². The van der Waals surface area contributed by atoms with Gasteiger partial charge in [0.1, 0.15) is 0 Å². The molecule has 1 aliphatic carbocycles. The molecule has 1 aromatic heterocycles. The van der Waals surface area contributed by atoms with Crippen molar-refractivity contribution in [3.8, 4) is 5.88 Å². The van der Waals surface area contributed by atoms with E-state index in [1.807, 2.05) is 0 Å². The van der Waals surface area contributed by atoms with Crippen LogP contribution < -0.4 is 9.64 Å². The van der Waals surface area contributed by atoms with E-state index in [9.17, 15) is 22.8 Å². The number of carbonyl (C=O) groups excluding carboxylic acids is 2. The van der Waals surface area contributed by atoms with Crippen LogP contribution in [-0.4, -0.2) is 35.3 Å². The van der Waals surface area contributed by atoms with E-state index in [1.165, 1.54) is 13.2 Å². The first kappa shape index (κ1) is 22.3. The maximum Gasteiger partial charge on any atom is 0.391 e. The van der Waals surface area contributed by atoms with Gasteiger partial charge in [0, 0.05) is 5.56 Å². The lowest BCUT2D eigenvalue weighted by Crippen LogP contribution is -2.35. The molecule has 1 heterocycles. The Morgan fingerprint density at radius 1 is 1.14 bits per heavy atom. The van der Waals surface area contributed by atoms with Gasteiger partial charge in [-0.3, -0.25) is 9.59 Å². The lowest BCUT2D eigenvalue weighted by Gasteiger charge is -2.28. The Morgan fingerprint density at radius 3 is 2.21 bits per heavy atom. The molecule has 2 amide bonds. The van der Waals surface area contributed by atoms with Crippen LogP contribution in [0, 0.1) is 11.8 Å². The third-order valence-corrected chi connectivity index (χ3v) is 4.77. The first-order chi connectivity index (χ1) is 13.7. The number of amides is 2. The number of alkyl halides is 3. The molecule has 29 heavy (non-hydrogen) atoms. The number of imide groups is 1. The van der Waals surface area contributed by atoms with Crippen LogP contribution in [0.3, 0.4) is 0 Å². The minimum atomic E-state index is -4.15. The van der Waals surface area contributed by atoms with E-state index in [-0.39, 0.29) is 30.5 Å². The molecule has 0 N–H and O–H groups in total. The summed E-state index contributed by atoms with van der Waals surface area (Å²) in [6, 6.07) is 1.44. The number of anilines is 1. The Kier molecular flexibility index (Phi) is 7.30. The average molecular weight is 409 g/mol. The molecule has 0 aromatic carbocycles. The van der Waals surface area contributed by atoms with Gasteiger partial charge in [-0.15, -0.1) is 10.2 Å². The van der Waals surface area contributed by atoms with Crippen LogP contribution >= 0.6 is 0 Å². The second-order valence-electron chi connectivity index (χ2n) is 6.60. The standard InChI is InChI=1S/C20H22F3N3O3/c1-4-17(27)26(18(28)5-2)16-12-14(19(29-3)25-24-16)9-6-13-7-10-15(11-8-13)20(21,22)23/h4-6,9,12-13,15H,1-2,7-8,10-11H2,3H3/b9-6+/t13-,15-. The third kappa shape index (κ3) is 5.52. The number of methoxy groups -OCH3 is 1. The Labute approximate surface area is 166 Å². The van der Waals surface area contributed by atoms with E-state index < -0.39 is 23.9 Å². The number of nitrogens with zero attached hydrogens (tertiary/aromatic N) is 3. The summed E-state index contributed by atoms with van der Waals surface area (Å²) in [5.41, 5.74) is 0.439. The molecule has 156 valence electrons. The highest BCUT2D eigenvalue weighted by Crippen LogP contribution is 2.40. The molecular weight excluding hydrogens is 387 g/mol. The summed E-state index contributed by atoms with van der Waals surface area (Å²) in [5.74, 6) is -2.55. The van der Waals surface area contributed by atoms with Gasteiger partial charge < -0.3 is 4.74 Å². The molecule has 1 saturated carbocycles. The first-order valence-electron chi connectivity index (χ1n) is 9.00. The van der Waals surface area contributed by atoms with Crippen LogP contribution in [0.2, 0.25) is 0 Å². The molecule has 0 bridgehead atoms. The number of carbonyl (C=O) groups is 2. The summed E-state index contributed by atoms with van der Waals surface area (Å²) in [5, 5.41) is 7.71. The lowest BCUT2D eigenvalue weighted by molar-refractivity contribution is -0.183. The predicted octanol–water partition coefficient (Wildman–Crippen LogP) is 4.10. The predicted molar refractivity (Wildman–Crippen MR) is 102 cm³/mol. The fourth-order valence-corrected chi connectivity index (χ4v) is 3.17. The zero-order valence-electron chi connectivity index (χ0n) is 16.0. The van der Waals surface area contributed by atoms with Gasteiger partial charge in [0.05, 0.1) is 13.0 Å². The van der Waals surface area contributed by atoms with E-state index in [0.29, 0.717) is 18.4 Å². The summed E-state index contributed by atoms with van der Waals surface area (Å²) >= 11 is 0. The smallest absolute Gasteiger partial charge is 0.391 e. The Balaban J connectivity index is 2.24. The fourth-order valence-electron chi connectivity index (χ4n) is 3.17. The van der Waals surface area contributed by atoms with Gasteiger partial charge in [-0.2, -0.15) is 13.2 Å². The quantitative estimate of drug-likeness (QED) is 0.662. The summed E-state index contributed by atoms with van der Waals surface area (Å²) in [7, 11) is 1.39. The van der Waals surface area contributed by atoms with E-state index in [0.717, 1.165) is 17.1 Å². The average Bonchev–Trinajstić information content (AvgIpc) is 2.71. The molecule has 6 nitrogen and oxygen atoms in total. The van der Waals surface area contributed by atoms with Crippen molar-refractivity contribution in [1.29, 1.82) is 0 Å². The van der Waals surface area contributed by atoms with Crippen LogP contribution in [0.15, 0.2) is 37.5 Å². The van der Waals surface area contributed by atoms with E-state index in [2.05, 4.69) is 23.4 Å². The number of ether oxygens (including phenoxy) is 1. The number of rotatable bonds is 6. The van der Waals surface area contributed by atoms with E-state index >= 15 is 0 Å². The Hall–Kier alpha value is -2.97. The molecule has 1 aliphatic rings. The van der Waals surface area contributed by atoms with Gasteiger partial charge in [-0.05, 0) is 49.8 Å². The summed E-state index contributed by atoms with van der Waals surface area (Å²) < 4.78 is 43.6. The van der Waals surface area contributed by atoms with Crippen LogP contribution in [0.4, 0.5) is 19.0 Å². The number of hydrogen-bond acceptors (Lipinski definition) is 5. The van der Waals surface area contributed by atoms with Crippen molar-refractivity contribution in [1.82, 2.24) is 10.2 Å². The highest BCUT2D eigenvalue weighted by Gasteiger charge is 2.40. The third-order valence-electron chi connectivity index (χ3n) is 4.77. The molecule has 0 aliphatic heterocycles. The number of allylic oxidation sites excluding steroid dienone is 1. The SMILES string of the molecule is C=CC(=O)N(C(=O)C=C)c1cc(/C=C/[C@H]2CC[C@H](C(F)(F)F)CC2)c(OC)nn1. The van der Waals surface area contributed by atoms with Crippen LogP contribution in [0.25, 0.3) is 6.08 Å². The van der Waals surface area contributed by atoms with Gasteiger partial charge in [0.15, 0.2) is 5.82 Å². The van der Waals surface area contributed by atoms with Crippen molar-refractivity contribution in [3.05, 3.63) is 43.0 Å². The van der Waals surface area contributed by atoms with Crippen molar-refractivity contribution >= 4 is 23.7 Å². The molecule has 1 aromatic rings. The van der Waals surface area contributed by atoms with Crippen molar-refractivity contribution in [2.45, 2.75) is 31.9 Å². The van der Waals surface area contributed by atoms with Crippen LogP contribution in [0.5, 0.6) is 5.88 Å². The molecule has 0 radical (unpaired) electrons. The normalized spacial score (nSPS) is 19.6. The Morgan fingerprint density at radius 2 is 1.72 bits per heavy atom. The summed E-state index contributed by atoms with van der Waals surface area (Å²) in [6.07, 6.45) is 2.24. The van der Waals surface area contributed by atoms with Crippen LogP contribution in [0.1, 0.15) is 31.2 Å². The number of hydrogen-bond donors (Lipinski definition) is 0. The highest BCUT2D eigenvalue weighted by atomic mass is 19.4. The van der Waals surface area contributed by atoms with Crippen molar-refractivity contribution in [2.24, 2.45) is 11.8 Å². The van der Waals surface area contributed by atoms with Gasteiger partial charge in [-0.1, -0.05) is 25.3 Å². The molecule has 0 unspecified atom stereocenters. The second kappa shape index (κ2) is 9.49. The largest absolute Gasteiger partial charge is 0.479 e. The van der Waals surface area contributed by atoms with Gasteiger partial charge in [0.25, 0.3) is 11.8 Å². The molecule has 9 heteroatoms. The van der Waals surface area contributed by atoms with E-state index in [4.69, 9.17) is 4.74 Å². The topological polar surface area (TPSA) is 72.4 Å². The maximum absolute atomic E-state index is 12.8. The summed E-state index contributed by atoms with van der Waals surface area (Å²) in [4.78, 5) is 24.8. The molecule has 2 rings (SSSR count). The fraction of sp³-hybridized carbons (Fsp3) is 0.400. The molecule has 0 spiro atoms. The second-order valence-corrected chi connectivity index (χ2v) is 6.60. The number of halogens is 3. The van der Waals surface area contributed by atoms with E-state index in [1.54, 1.807) is 12.2 Å².